The molecule has 10 heteroatoms. The van der Waals surface area contributed by atoms with Crippen LogP contribution in [0.25, 0.3) is 0 Å². The molecule has 0 aliphatic rings. The van der Waals surface area contributed by atoms with E-state index in [1.54, 1.807) is 49.4 Å². The van der Waals surface area contributed by atoms with E-state index >= 15 is 0 Å². The van der Waals surface area contributed by atoms with Gasteiger partial charge in [0.05, 0.1) is 11.9 Å². The number of likely N-dealkylation sites (N-methyl/N-ethyl adjacent to an activating group) is 1. The number of nitrogens with zero attached hydrogens (tertiary/aromatic N) is 2. The van der Waals surface area contributed by atoms with Crippen LogP contribution < -0.4 is 9.62 Å². The van der Waals surface area contributed by atoms with Crippen LogP contribution in [0.3, 0.4) is 0 Å². The zero-order valence-electron chi connectivity index (χ0n) is 17.7. The summed E-state index contributed by atoms with van der Waals surface area (Å²) in [5, 5.41) is 3.03. The van der Waals surface area contributed by atoms with Gasteiger partial charge in [-0.05, 0) is 55.3 Å². The van der Waals surface area contributed by atoms with Gasteiger partial charge in [-0.2, -0.15) is 0 Å². The fourth-order valence-corrected chi connectivity index (χ4v) is 4.32. The first-order chi connectivity index (χ1) is 14.4. The molecule has 2 aromatic rings. The number of rotatable bonds is 8. The number of hydrogen-bond acceptors (Lipinski definition) is 4. The lowest BCUT2D eigenvalue weighted by molar-refractivity contribution is -0.139. The van der Waals surface area contributed by atoms with Gasteiger partial charge in [0, 0.05) is 23.1 Å². The van der Waals surface area contributed by atoms with Crippen molar-refractivity contribution in [3.63, 3.8) is 0 Å². The molecule has 1 atom stereocenters. The fraction of sp³-hybridized carbons (Fsp3) is 0.333. The number of halogens is 2. The summed E-state index contributed by atoms with van der Waals surface area (Å²) in [4.78, 5) is 26.9. The molecule has 1 N–H and O–H groups in total. The van der Waals surface area contributed by atoms with Crippen molar-refractivity contribution in [3.8, 4) is 0 Å². The van der Waals surface area contributed by atoms with Crippen LogP contribution in [0, 0.1) is 6.92 Å². The van der Waals surface area contributed by atoms with E-state index < -0.39 is 28.5 Å². The SMILES string of the molecule is CNC(=O)[C@H](C)N(Cc1cccc(Cl)c1)C(=O)CN(c1ccc(Br)c(C)c1)S(C)(=O)=O. The summed E-state index contributed by atoms with van der Waals surface area (Å²) in [6, 6.07) is 11.2. The lowest BCUT2D eigenvalue weighted by Gasteiger charge is -2.31. The third-order valence-electron chi connectivity index (χ3n) is 4.76. The van der Waals surface area contributed by atoms with Crippen LogP contribution >= 0.6 is 27.5 Å². The Bertz CT molecular complexity index is 1080. The Morgan fingerprint density at radius 2 is 1.87 bits per heavy atom. The summed E-state index contributed by atoms with van der Waals surface area (Å²) in [6.45, 7) is 3.08. The van der Waals surface area contributed by atoms with E-state index in [9.17, 15) is 18.0 Å². The van der Waals surface area contributed by atoms with E-state index in [1.165, 1.54) is 11.9 Å². The summed E-state index contributed by atoms with van der Waals surface area (Å²) in [7, 11) is -2.28. The van der Waals surface area contributed by atoms with Crippen LogP contribution in [0.5, 0.6) is 0 Å². The number of sulfonamides is 1. The van der Waals surface area contributed by atoms with Crippen LogP contribution in [-0.4, -0.2) is 51.0 Å². The van der Waals surface area contributed by atoms with Gasteiger partial charge in [0.25, 0.3) is 0 Å². The molecular weight excluding hydrogens is 506 g/mol. The second-order valence-electron chi connectivity index (χ2n) is 7.14. The number of carbonyl (C=O) groups excluding carboxylic acids is 2. The number of anilines is 1. The molecule has 0 bridgehead atoms. The van der Waals surface area contributed by atoms with Crippen molar-refractivity contribution >= 4 is 55.1 Å². The van der Waals surface area contributed by atoms with Crippen LogP contribution in [0.1, 0.15) is 18.1 Å². The average molecular weight is 531 g/mol. The normalized spacial score (nSPS) is 12.2. The molecule has 0 saturated heterocycles. The summed E-state index contributed by atoms with van der Waals surface area (Å²) in [6.07, 6.45) is 1.04. The molecule has 168 valence electrons. The van der Waals surface area contributed by atoms with E-state index in [0.717, 1.165) is 26.2 Å². The lowest BCUT2D eigenvalue weighted by atomic mass is 10.1. The van der Waals surface area contributed by atoms with Gasteiger partial charge in [-0.25, -0.2) is 8.42 Å². The van der Waals surface area contributed by atoms with Crippen molar-refractivity contribution in [2.45, 2.75) is 26.4 Å². The molecule has 0 aromatic heterocycles. The largest absolute Gasteiger partial charge is 0.357 e. The van der Waals surface area contributed by atoms with Gasteiger partial charge in [0.2, 0.25) is 21.8 Å². The van der Waals surface area contributed by atoms with Crippen molar-refractivity contribution in [2.75, 3.05) is 24.2 Å². The van der Waals surface area contributed by atoms with Crippen molar-refractivity contribution in [1.82, 2.24) is 10.2 Å². The highest BCUT2D eigenvalue weighted by Gasteiger charge is 2.29. The maximum atomic E-state index is 13.3. The van der Waals surface area contributed by atoms with Gasteiger partial charge in [0.1, 0.15) is 12.6 Å². The Morgan fingerprint density at radius 3 is 2.42 bits per heavy atom. The minimum atomic E-state index is -3.76. The van der Waals surface area contributed by atoms with E-state index in [4.69, 9.17) is 11.6 Å². The van der Waals surface area contributed by atoms with Gasteiger partial charge in [-0.15, -0.1) is 0 Å². The predicted molar refractivity (Wildman–Crippen MR) is 127 cm³/mol. The Labute approximate surface area is 196 Å². The Hall–Kier alpha value is -2.10. The summed E-state index contributed by atoms with van der Waals surface area (Å²) in [5.74, 6) is -0.872. The average Bonchev–Trinajstić information content (AvgIpc) is 2.70. The minimum absolute atomic E-state index is 0.102. The van der Waals surface area contributed by atoms with E-state index in [-0.39, 0.29) is 12.5 Å². The molecule has 2 aromatic carbocycles. The minimum Gasteiger partial charge on any atom is -0.357 e. The number of carbonyl (C=O) groups is 2. The van der Waals surface area contributed by atoms with Crippen LogP contribution in [0.15, 0.2) is 46.9 Å². The zero-order valence-corrected chi connectivity index (χ0v) is 20.9. The molecule has 31 heavy (non-hydrogen) atoms. The smallest absolute Gasteiger partial charge is 0.244 e. The Kier molecular flexibility index (Phi) is 8.50. The highest BCUT2D eigenvalue weighted by atomic mass is 79.9. The highest BCUT2D eigenvalue weighted by molar-refractivity contribution is 9.10. The number of benzene rings is 2. The molecule has 0 unspecified atom stereocenters. The summed E-state index contributed by atoms with van der Waals surface area (Å²) in [5.41, 5.74) is 1.92. The second-order valence-corrected chi connectivity index (χ2v) is 10.3. The van der Waals surface area contributed by atoms with Gasteiger partial charge in [-0.1, -0.05) is 39.7 Å². The first-order valence-electron chi connectivity index (χ1n) is 9.43. The van der Waals surface area contributed by atoms with E-state index in [1.807, 2.05) is 6.92 Å². The van der Waals surface area contributed by atoms with Crippen molar-refractivity contribution in [3.05, 3.63) is 63.1 Å². The van der Waals surface area contributed by atoms with Crippen molar-refractivity contribution < 1.29 is 18.0 Å². The maximum absolute atomic E-state index is 13.3. The van der Waals surface area contributed by atoms with E-state index in [0.29, 0.717) is 10.7 Å². The Balaban J connectivity index is 2.40. The molecule has 2 rings (SSSR count). The van der Waals surface area contributed by atoms with Gasteiger partial charge in [0.15, 0.2) is 0 Å². The topological polar surface area (TPSA) is 86.8 Å². The third kappa shape index (κ3) is 6.69. The summed E-state index contributed by atoms with van der Waals surface area (Å²) >= 11 is 9.45. The molecule has 0 fully saturated rings. The standard InChI is InChI=1S/C21H25BrClN3O4S/c1-14-10-18(8-9-19(14)22)26(31(4,29)30)13-20(27)25(15(2)21(28)24-3)12-16-6-5-7-17(23)11-16/h5-11,15H,12-13H2,1-4H3,(H,24,28)/t15-/m0/s1. The molecule has 0 spiro atoms. The van der Waals surface area contributed by atoms with Crippen molar-refractivity contribution in [1.29, 1.82) is 0 Å². The third-order valence-corrected chi connectivity index (χ3v) is 7.03. The summed E-state index contributed by atoms with van der Waals surface area (Å²) < 4.78 is 26.9. The monoisotopic (exact) mass is 529 g/mol. The first kappa shape index (κ1) is 25.2. The molecule has 0 aliphatic carbocycles. The van der Waals surface area contributed by atoms with Crippen molar-refractivity contribution in [2.24, 2.45) is 0 Å². The molecule has 0 heterocycles. The van der Waals surface area contributed by atoms with Gasteiger partial charge >= 0.3 is 0 Å². The van der Waals surface area contributed by atoms with E-state index in [2.05, 4.69) is 21.2 Å². The molecular formula is C21H25BrClN3O4S. The second kappa shape index (κ2) is 10.5. The van der Waals surface area contributed by atoms with Crippen LogP contribution in [-0.2, 0) is 26.2 Å². The van der Waals surface area contributed by atoms with Crippen LogP contribution in [0.2, 0.25) is 5.02 Å². The number of amides is 2. The molecule has 2 amide bonds. The molecule has 7 nitrogen and oxygen atoms in total. The van der Waals surface area contributed by atoms with Gasteiger partial charge < -0.3 is 10.2 Å². The highest BCUT2D eigenvalue weighted by Crippen LogP contribution is 2.25. The van der Waals surface area contributed by atoms with Crippen LogP contribution in [0.4, 0.5) is 5.69 Å². The van der Waals surface area contributed by atoms with Gasteiger partial charge in [-0.3, -0.25) is 13.9 Å². The quantitative estimate of drug-likeness (QED) is 0.567. The first-order valence-corrected chi connectivity index (χ1v) is 12.5. The predicted octanol–water partition coefficient (Wildman–Crippen LogP) is 3.34. The molecule has 0 radical (unpaired) electrons. The Morgan fingerprint density at radius 1 is 1.19 bits per heavy atom. The number of nitrogens with one attached hydrogen (secondary N) is 1. The number of hydrogen-bond donors (Lipinski definition) is 1. The lowest BCUT2D eigenvalue weighted by Crippen LogP contribution is -2.50. The zero-order chi connectivity index (χ0) is 23.3. The number of aryl methyl sites for hydroxylation is 1. The molecule has 0 saturated carbocycles. The molecule has 0 aliphatic heterocycles. The maximum Gasteiger partial charge on any atom is 0.244 e. The fourth-order valence-electron chi connectivity index (χ4n) is 3.02.